The minimum atomic E-state index is -7.85. The Labute approximate surface area is 155 Å². The molecule has 0 aromatic heterocycles. The van der Waals surface area contributed by atoms with Crippen LogP contribution >= 0.6 is 0 Å². The van der Waals surface area contributed by atoms with E-state index in [1.165, 1.54) is 24.3 Å². The van der Waals surface area contributed by atoms with Crippen LogP contribution in [0.25, 0.3) is 0 Å². The standard InChI is InChI=1S/C16H13F13/c1-9-4-6-10(7-5-9)3-2-8-11(17,18)12(19,20)13(21,22)14(23,24)15(25,26)16(27,28)29/h4-7H,2-3,8H2,1H3. The molecule has 0 spiro atoms. The van der Waals surface area contributed by atoms with Crippen molar-refractivity contribution in [2.24, 2.45) is 0 Å². The van der Waals surface area contributed by atoms with Crippen molar-refractivity contribution >= 4 is 0 Å². The maximum absolute atomic E-state index is 13.6. The summed E-state index contributed by atoms with van der Waals surface area (Å²) < 4.78 is 168. The molecule has 0 saturated heterocycles. The Bertz CT molecular complexity index is 686. The van der Waals surface area contributed by atoms with Crippen molar-refractivity contribution in [3.05, 3.63) is 35.4 Å². The number of alkyl halides is 13. The van der Waals surface area contributed by atoms with Crippen LogP contribution in [-0.2, 0) is 6.42 Å². The zero-order valence-electron chi connectivity index (χ0n) is 14.3. The molecule has 0 heterocycles. The highest BCUT2D eigenvalue weighted by atomic mass is 19.4. The zero-order chi connectivity index (χ0) is 23.1. The van der Waals surface area contributed by atoms with Crippen LogP contribution in [0.15, 0.2) is 24.3 Å². The lowest BCUT2D eigenvalue weighted by Crippen LogP contribution is -2.70. The minimum Gasteiger partial charge on any atom is -0.200 e. The average molecular weight is 452 g/mol. The predicted octanol–water partition coefficient (Wildman–Crippen LogP) is 7.06. The van der Waals surface area contributed by atoms with Crippen LogP contribution in [0.1, 0.15) is 24.0 Å². The zero-order valence-corrected chi connectivity index (χ0v) is 14.3. The fraction of sp³-hybridized carbons (Fsp3) is 0.625. The van der Waals surface area contributed by atoms with Gasteiger partial charge >= 0.3 is 35.8 Å². The highest BCUT2D eigenvalue weighted by molar-refractivity contribution is 5.21. The fourth-order valence-corrected chi connectivity index (χ4v) is 2.23. The summed E-state index contributed by atoms with van der Waals surface area (Å²) in [6, 6.07) is 5.74. The Hall–Kier alpha value is -1.69. The highest BCUT2D eigenvalue weighted by Crippen LogP contribution is 2.60. The van der Waals surface area contributed by atoms with Crippen molar-refractivity contribution in [2.75, 3.05) is 0 Å². The molecule has 0 bridgehead atoms. The monoisotopic (exact) mass is 452 g/mol. The highest BCUT2D eigenvalue weighted by Gasteiger charge is 2.90. The van der Waals surface area contributed by atoms with Gasteiger partial charge in [-0.15, -0.1) is 0 Å². The van der Waals surface area contributed by atoms with E-state index in [1.54, 1.807) is 6.92 Å². The molecule has 0 unspecified atom stereocenters. The van der Waals surface area contributed by atoms with E-state index >= 15 is 0 Å². The van der Waals surface area contributed by atoms with Gasteiger partial charge in [-0.2, -0.15) is 57.1 Å². The third-order valence-electron chi connectivity index (χ3n) is 4.08. The SMILES string of the molecule is Cc1ccc(CCCC(F)(F)C(F)(F)C(F)(F)C(F)(F)C(F)(F)C(F)(F)F)cc1. The average Bonchev–Trinajstić information content (AvgIpc) is 2.54. The van der Waals surface area contributed by atoms with Gasteiger partial charge in [0.05, 0.1) is 0 Å². The fourth-order valence-electron chi connectivity index (χ4n) is 2.23. The van der Waals surface area contributed by atoms with Crippen molar-refractivity contribution in [1.82, 2.24) is 0 Å². The van der Waals surface area contributed by atoms with E-state index in [-0.39, 0.29) is 5.56 Å². The molecule has 0 atom stereocenters. The maximum atomic E-state index is 13.6. The maximum Gasteiger partial charge on any atom is 0.460 e. The van der Waals surface area contributed by atoms with E-state index in [4.69, 9.17) is 0 Å². The third kappa shape index (κ3) is 4.27. The number of rotatable bonds is 8. The number of hydrogen-bond donors (Lipinski definition) is 0. The van der Waals surface area contributed by atoms with Crippen LogP contribution in [0, 0.1) is 6.92 Å². The lowest BCUT2D eigenvalue weighted by atomic mass is 9.91. The van der Waals surface area contributed by atoms with Gasteiger partial charge in [0.2, 0.25) is 0 Å². The summed E-state index contributed by atoms with van der Waals surface area (Å²) in [5, 5.41) is 0. The normalized spacial score (nSPS) is 15.0. The van der Waals surface area contributed by atoms with Crippen molar-refractivity contribution in [2.45, 2.75) is 62.0 Å². The molecule has 0 nitrogen and oxygen atoms in total. The van der Waals surface area contributed by atoms with E-state index in [1.807, 2.05) is 0 Å². The first-order chi connectivity index (χ1) is 12.7. The van der Waals surface area contributed by atoms with Crippen LogP contribution in [-0.4, -0.2) is 35.8 Å². The number of aryl methyl sites for hydroxylation is 2. The first-order valence-corrected chi connectivity index (χ1v) is 7.74. The van der Waals surface area contributed by atoms with E-state index < -0.39 is 55.1 Å². The molecule has 1 aromatic carbocycles. The van der Waals surface area contributed by atoms with Crippen LogP contribution in [0.2, 0.25) is 0 Å². The van der Waals surface area contributed by atoms with E-state index in [0.29, 0.717) is 0 Å². The molecule has 0 aliphatic carbocycles. The summed E-state index contributed by atoms with van der Waals surface area (Å²) in [6.45, 7) is 1.65. The smallest absolute Gasteiger partial charge is 0.200 e. The second kappa shape index (κ2) is 7.53. The molecule has 0 saturated carbocycles. The molecule has 13 heteroatoms. The summed E-state index contributed by atoms with van der Waals surface area (Å²) in [5.74, 6) is -36.5. The van der Waals surface area contributed by atoms with Gasteiger partial charge in [0.15, 0.2) is 0 Å². The summed E-state index contributed by atoms with van der Waals surface area (Å²) >= 11 is 0. The first-order valence-electron chi connectivity index (χ1n) is 7.74. The van der Waals surface area contributed by atoms with Crippen molar-refractivity contribution in [3.8, 4) is 0 Å². The van der Waals surface area contributed by atoms with E-state index in [9.17, 15) is 57.1 Å². The predicted molar refractivity (Wildman–Crippen MR) is 74.9 cm³/mol. The lowest BCUT2D eigenvalue weighted by molar-refractivity contribution is -0.440. The van der Waals surface area contributed by atoms with Gasteiger partial charge in [-0.3, -0.25) is 0 Å². The van der Waals surface area contributed by atoms with Gasteiger partial charge in [0, 0.05) is 6.42 Å². The second-order valence-electron chi connectivity index (χ2n) is 6.34. The molecule has 0 N–H and O–H groups in total. The van der Waals surface area contributed by atoms with Gasteiger partial charge in [-0.25, -0.2) is 0 Å². The van der Waals surface area contributed by atoms with Gasteiger partial charge in [-0.05, 0) is 25.3 Å². The first kappa shape index (κ1) is 25.3. The molecular formula is C16H13F13. The molecule has 168 valence electrons. The lowest BCUT2D eigenvalue weighted by Gasteiger charge is -2.39. The Balaban J connectivity index is 3.09. The van der Waals surface area contributed by atoms with E-state index in [0.717, 1.165) is 5.56 Å². The third-order valence-corrected chi connectivity index (χ3v) is 4.08. The molecule has 0 radical (unpaired) electrons. The van der Waals surface area contributed by atoms with Crippen LogP contribution < -0.4 is 0 Å². The van der Waals surface area contributed by atoms with E-state index in [2.05, 4.69) is 0 Å². The van der Waals surface area contributed by atoms with Crippen molar-refractivity contribution in [1.29, 1.82) is 0 Å². The minimum absolute atomic E-state index is 0.287. The van der Waals surface area contributed by atoms with Gasteiger partial charge in [0.1, 0.15) is 0 Å². The summed E-state index contributed by atoms with van der Waals surface area (Å²) in [4.78, 5) is 0. The van der Waals surface area contributed by atoms with Crippen molar-refractivity contribution in [3.63, 3.8) is 0 Å². The molecule has 29 heavy (non-hydrogen) atoms. The van der Waals surface area contributed by atoms with Crippen LogP contribution in [0.5, 0.6) is 0 Å². The largest absolute Gasteiger partial charge is 0.460 e. The number of halogens is 13. The topological polar surface area (TPSA) is 0 Å². The van der Waals surface area contributed by atoms with Gasteiger partial charge in [-0.1, -0.05) is 29.8 Å². The molecule has 0 aliphatic rings. The summed E-state index contributed by atoms with van der Waals surface area (Å²) in [7, 11) is 0. The second-order valence-corrected chi connectivity index (χ2v) is 6.34. The van der Waals surface area contributed by atoms with Crippen LogP contribution in [0.3, 0.4) is 0 Å². The molecular weight excluding hydrogens is 439 g/mol. The molecule has 1 rings (SSSR count). The Kier molecular flexibility index (Phi) is 6.58. The Morgan fingerprint density at radius 2 is 1.00 bits per heavy atom. The molecule has 0 aliphatic heterocycles. The van der Waals surface area contributed by atoms with Crippen molar-refractivity contribution < 1.29 is 57.1 Å². The Morgan fingerprint density at radius 3 is 1.41 bits per heavy atom. The van der Waals surface area contributed by atoms with Gasteiger partial charge in [0.25, 0.3) is 0 Å². The summed E-state index contributed by atoms with van der Waals surface area (Å²) in [5.41, 5.74) is 1.02. The molecule has 1 aromatic rings. The quantitative estimate of drug-likeness (QED) is 0.371. The molecule has 0 amide bonds. The Morgan fingerprint density at radius 1 is 0.586 bits per heavy atom. The molecule has 0 fully saturated rings. The number of hydrogen-bond acceptors (Lipinski definition) is 0. The number of benzene rings is 1. The summed E-state index contributed by atoms with van der Waals surface area (Å²) in [6.07, 6.45) is -10.9. The van der Waals surface area contributed by atoms with Gasteiger partial charge < -0.3 is 0 Å². The van der Waals surface area contributed by atoms with Crippen LogP contribution in [0.4, 0.5) is 57.1 Å².